The van der Waals surface area contributed by atoms with E-state index in [9.17, 15) is 14.2 Å². The first-order valence-electron chi connectivity index (χ1n) is 10.5. The lowest BCUT2D eigenvalue weighted by atomic mass is 10.1. The van der Waals surface area contributed by atoms with Gasteiger partial charge < -0.3 is 14.2 Å². The van der Waals surface area contributed by atoms with Gasteiger partial charge in [-0.3, -0.25) is 9.13 Å². The summed E-state index contributed by atoms with van der Waals surface area (Å²) in [4.78, 5) is 0. The quantitative estimate of drug-likeness (QED) is 0.450. The van der Waals surface area contributed by atoms with Gasteiger partial charge in [0.1, 0.15) is 11.7 Å². The molecular formula is C23H34O5P2. The number of aliphatic hydroxyl groups excluding tert-OH is 1. The first-order chi connectivity index (χ1) is 14.1. The lowest BCUT2D eigenvalue weighted by Gasteiger charge is -2.34. The van der Waals surface area contributed by atoms with E-state index in [1.54, 1.807) is 69.3 Å². The predicted octanol–water partition coefficient (Wildman–Crippen LogP) is 5.59. The molecule has 7 heteroatoms. The van der Waals surface area contributed by atoms with Crippen LogP contribution < -0.4 is 10.6 Å². The molecule has 2 rings (SSSR count). The van der Waals surface area contributed by atoms with Crippen LogP contribution in [0, 0.1) is 11.8 Å². The molecule has 0 unspecified atom stereocenters. The van der Waals surface area contributed by atoms with Crippen molar-refractivity contribution in [3.05, 3.63) is 60.7 Å². The number of hydrogen-bond acceptors (Lipinski definition) is 5. The van der Waals surface area contributed by atoms with Crippen LogP contribution in [0.3, 0.4) is 0 Å². The van der Waals surface area contributed by atoms with Crippen molar-refractivity contribution in [3.8, 4) is 0 Å². The third kappa shape index (κ3) is 5.72. The zero-order chi connectivity index (χ0) is 22.4. The van der Waals surface area contributed by atoms with Gasteiger partial charge in [-0.2, -0.15) is 0 Å². The summed E-state index contributed by atoms with van der Waals surface area (Å²) in [6.45, 7) is 9.57. The summed E-state index contributed by atoms with van der Waals surface area (Å²) in [5.74, 6) is -2.36. The molecule has 0 bridgehead atoms. The Balaban J connectivity index is 2.61. The summed E-state index contributed by atoms with van der Waals surface area (Å²) in [5.41, 5.74) is 0. The molecule has 0 saturated carbocycles. The highest BCUT2D eigenvalue weighted by molar-refractivity contribution is 7.70. The smallest absolute Gasteiger partial charge is 0.260 e. The molecule has 0 heterocycles. The van der Waals surface area contributed by atoms with Crippen LogP contribution in [0.25, 0.3) is 0 Å². The minimum absolute atomic E-state index is 0.118. The highest BCUT2D eigenvalue weighted by atomic mass is 31.2. The molecule has 5 nitrogen and oxygen atoms in total. The number of aliphatic hydroxyl groups is 1. The van der Waals surface area contributed by atoms with Gasteiger partial charge in [-0.05, 0) is 49.4 Å². The molecule has 166 valence electrons. The first kappa shape index (κ1) is 25.0. The first-order valence-corrected chi connectivity index (χ1v) is 13.9. The maximum Gasteiger partial charge on any atom is 0.260 e. The highest BCUT2D eigenvalue weighted by Crippen LogP contribution is 2.62. The van der Waals surface area contributed by atoms with E-state index in [1.807, 2.05) is 26.0 Å². The van der Waals surface area contributed by atoms with E-state index >= 15 is 0 Å². The van der Waals surface area contributed by atoms with Gasteiger partial charge in [0.2, 0.25) is 0 Å². The second-order valence-corrected chi connectivity index (χ2v) is 13.1. The second-order valence-electron chi connectivity index (χ2n) is 8.13. The Morgan fingerprint density at radius 3 is 1.70 bits per heavy atom. The molecule has 0 radical (unpaired) electrons. The highest BCUT2D eigenvalue weighted by Gasteiger charge is 2.46. The van der Waals surface area contributed by atoms with Gasteiger partial charge in [0.25, 0.3) is 14.7 Å². The van der Waals surface area contributed by atoms with Crippen LogP contribution in [-0.4, -0.2) is 23.4 Å². The Morgan fingerprint density at radius 2 is 1.30 bits per heavy atom. The number of rotatable bonds is 11. The molecule has 0 spiro atoms. The van der Waals surface area contributed by atoms with Crippen LogP contribution in [-0.2, 0) is 18.2 Å². The van der Waals surface area contributed by atoms with Crippen LogP contribution in [0.4, 0.5) is 0 Å². The SMILES string of the molecule is CCO[P@](=O)(c1ccccc1)[C@H](CC(C)C)O[P@@](=O)(c1ccccc1)[C@H](O)C(C)C. The van der Waals surface area contributed by atoms with Crippen LogP contribution in [0.5, 0.6) is 0 Å². The van der Waals surface area contributed by atoms with E-state index in [2.05, 4.69) is 0 Å². The van der Waals surface area contributed by atoms with Gasteiger partial charge in [0, 0.05) is 10.6 Å². The molecule has 0 aliphatic heterocycles. The average molecular weight is 452 g/mol. The third-order valence-corrected chi connectivity index (χ3v) is 10.6. The zero-order valence-corrected chi connectivity index (χ0v) is 20.3. The van der Waals surface area contributed by atoms with Crippen molar-refractivity contribution in [3.63, 3.8) is 0 Å². The lowest BCUT2D eigenvalue weighted by molar-refractivity contribution is 0.153. The zero-order valence-electron chi connectivity index (χ0n) is 18.5. The van der Waals surface area contributed by atoms with Gasteiger partial charge in [-0.15, -0.1) is 0 Å². The molecule has 0 amide bonds. The topological polar surface area (TPSA) is 72.8 Å². The summed E-state index contributed by atoms with van der Waals surface area (Å²) in [7, 11) is -7.30. The molecule has 1 N–H and O–H groups in total. The monoisotopic (exact) mass is 452 g/mol. The predicted molar refractivity (Wildman–Crippen MR) is 124 cm³/mol. The maximum absolute atomic E-state index is 14.2. The molecule has 0 aliphatic rings. The van der Waals surface area contributed by atoms with Crippen molar-refractivity contribution in [2.45, 2.75) is 52.7 Å². The normalized spacial score (nSPS) is 18.0. The summed E-state index contributed by atoms with van der Waals surface area (Å²) in [6, 6.07) is 17.6. The van der Waals surface area contributed by atoms with Crippen molar-refractivity contribution in [1.82, 2.24) is 0 Å². The minimum atomic E-state index is -3.77. The van der Waals surface area contributed by atoms with Crippen molar-refractivity contribution in [1.29, 1.82) is 0 Å². The van der Waals surface area contributed by atoms with Crippen molar-refractivity contribution in [2.24, 2.45) is 11.8 Å². The van der Waals surface area contributed by atoms with Gasteiger partial charge in [-0.1, -0.05) is 64.1 Å². The molecule has 0 aromatic heterocycles. The fourth-order valence-corrected chi connectivity index (χ4v) is 8.89. The maximum atomic E-state index is 14.2. The Bertz CT molecular complexity index is 868. The van der Waals surface area contributed by atoms with E-state index in [1.165, 1.54) is 0 Å². The minimum Gasteiger partial charge on any atom is -0.382 e. The summed E-state index contributed by atoms with van der Waals surface area (Å²) < 4.78 is 40.5. The Hall–Kier alpha value is -1.22. The number of benzene rings is 2. The van der Waals surface area contributed by atoms with Gasteiger partial charge in [0.05, 0.1) is 6.61 Å². The molecule has 4 atom stereocenters. The van der Waals surface area contributed by atoms with Crippen LogP contribution in [0.15, 0.2) is 60.7 Å². The Labute approximate surface area is 180 Å². The molecular weight excluding hydrogens is 418 g/mol. The number of hydrogen-bond donors (Lipinski definition) is 1. The second kappa shape index (κ2) is 10.9. The molecule has 2 aromatic carbocycles. The third-order valence-electron chi connectivity index (χ3n) is 4.83. The van der Waals surface area contributed by atoms with Gasteiger partial charge in [-0.25, -0.2) is 0 Å². The van der Waals surface area contributed by atoms with Crippen LogP contribution in [0.1, 0.15) is 41.0 Å². The standard InChI is InChI=1S/C23H34O5P2/c1-6-27-29(25,20-13-9-7-10-14-20)22(17-18(2)3)28-30(26,23(24)19(4)5)21-15-11-8-12-16-21/h7-16,18-19,22-24H,6,17H2,1-5H3/t22-,23+,29-,30+/m1/s1. The van der Waals surface area contributed by atoms with Crippen molar-refractivity contribution in [2.75, 3.05) is 6.61 Å². The molecule has 2 aromatic rings. The molecule has 0 saturated heterocycles. The van der Waals surface area contributed by atoms with Gasteiger partial charge >= 0.3 is 0 Å². The molecule has 0 aliphatic carbocycles. The van der Waals surface area contributed by atoms with E-state index in [-0.39, 0.29) is 18.4 Å². The van der Waals surface area contributed by atoms with E-state index in [0.717, 1.165) is 0 Å². The van der Waals surface area contributed by atoms with E-state index in [0.29, 0.717) is 17.0 Å². The Morgan fingerprint density at radius 1 is 0.833 bits per heavy atom. The lowest BCUT2D eigenvalue weighted by Crippen LogP contribution is -2.30. The van der Waals surface area contributed by atoms with Crippen molar-refractivity contribution < 1.29 is 23.3 Å². The Kier molecular flexibility index (Phi) is 9.09. The van der Waals surface area contributed by atoms with Crippen LogP contribution >= 0.6 is 14.7 Å². The van der Waals surface area contributed by atoms with Crippen molar-refractivity contribution >= 4 is 25.3 Å². The summed E-state index contributed by atoms with van der Waals surface area (Å²) in [5, 5.41) is 11.9. The fourth-order valence-electron chi connectivity index (χ4n) is 3.28. The average Bonchev–Trinajstić information content (AvgIpc) is 2.73. The van der Waals surface area contributed by atoms with Crippen LogP contribution in [0.2, 0.25) is 0 Å². The fraction of sp³-hybridized carbons (Fsp3) is 0.478. The summed E-state index contributed by atoms with van der Waals surface area (Å²) in [6.07, 6.45) is 0.383. The van der Waals surface area contributed by atoms with Gasteiger partial charge in [0.15, 0.2) is 0 Å². The molecule has 30 heavy (non-hydrogen) atoms. The summed E-state index contributed by atoms with van der Waals surface area (Å²) >= 11 is 0. The largest absolute Gasteiger partial charge is 0.382 e. The van der Waals surface area contributed by atoms with E-state index in [4.69, 9.17) is 9.05 Å². The van der Waals surface area contributed by atoms with E-state index < -0.39 is 26.4 Å². The molecule has 0 fully saturated rings.